The van der Waals surface area contributed by atoms with Crippen molar-refractivity contribution in [1.29, 1.82) is 0 Å². The van der Waals surface area contributed by atoms with Crippen LogP contribution in [0.4, 0.5) is 0 Å². The molecular weight excluding hydrogens is 303 g/mol. The quantitative estimate of drug-likeness (QED) is 0.413. The molecule has 0 fully saturated rings. The number of hydrogen-bond donors (Lipinski definition) is 0. The predicted molar refractivity (Wildman–Crippen MR) is 15.2 cm³/mol. The molecule has 0 aliphatic carbocycles. The first-order valence-corrected chi connectivity index (χ1v) is 0. The van der Waals surface area contributed by atoms with Crippen molar-refractivity contribution >= 4 is 24.4 Å². The van der Waals surface area contributed by atoms with E-state index in [-0.39, 0.29) is 200 Å². The summed E-state index contributed by atoms with van der Waals surface area (Å²) in [7, 11) is 0. The Morgan fingerprint density at radius 2 is 0.500 bits per heavy atom. The molecule has 0 heterocycles. The molecule has 0 saturated carbocycles. The number of hydrogen-bond acceptors (Lipinski definition) is 3. The Balaban J connectivity index is 0. The maximum absolute atomic E-state index is 0. The van der Waals surface area contributed by atoms with Crippen molar-refractivity contribution in [3.8, 4) is 0 Å². The molecule has 0 spiro atoms. The fourth-order valence-electron chi connectivity index (χ4n) is 0. The van der Waals surface area contributed by atoms with Gasteiger partial charge < -0.3 is 21.9 Å². The van der Waals surface area contributed by atoms with Crippen LogP contribution in [-0.4, -0.2) is 46.3 Å². The Kier molecular flexibility index (Phi) is 469. The normalized spacial score (nSPS) is 0. The van der Waals surface area contributed by atoms with E-state index in [1.54, 1.807) is 0 Å². The fourth-order valence-corrected chi connectivity index (χ4v) is 0. The zero-order chi connectivity index (χ0) is 0. The third-order valence-electron chi connectivity index (χ3n) is 0. The minimum Gasteiger partial charge on any atom is -0.870 e. The molecule has 0 atom stereocenters. The average molecular weight is 308 g/mol. The van der Waals surface area contributed by atoms with Crippen molar-refractivity contribution in [3.63, 3.8) is 0 Å². The summed E-state index contributed by atoms with van der Waals surface area (Å²) in [6, 6.07) is 0. The molecule has 37 valence electrons. The largest absolute Gasteiger partial charge is 1.00 e. The molecule has 0 saturated heterocycles. The van der Waals surface area contributed by atoms with E-state index in [4.69, 9.17) is 0 Å². The molecular formula is H5K3O4Sb. The molecule has 0 rings (SSSR count). The fraction of sp³-hybridized carbons (Fsp3) is 0. The molecule has 0 aromatic carbocycles. The van der Waals surface area contributed by atoms with Crippen molar-refractivity contribution in [2.45, 2.75) is 0 Å². The second kappa shape index (κ2) is 54.3. The van der Waals surface area contributed by atoms with Crippen LogP contribution in [0.5, 0.6) is 0 Å². The van der Waals surface area contributed by atoms with Crippen LogP contribution in [0.15, 0.2) is 0 Å². The van der Waals surface area contributed by atoms with Crippen LogP contribution >= 0.6 is 0 Å². The second-order valence-electron chi connectivity index (χ2n) is 0. The van der Waals surface area contributed by atoms with Gasteiger partial charge in [0.05, 0.1) is 0 Å². The van der Waals surface area contributed by atoms with E-state index in [1.165, 1.54) is 0 Å². The van der Waals surface area contributed by atoms with E-state index in [0.29, 0.717) is 0 Å². The summed E-state index contributed by atoms with van der Waals surface area (Å²) in [4.78, 5) is 0. The predicted octanol–water partition coefficient (Wildman–Crippen LogP) is -10.7. The van der Waals surface area contributed by atoms with E-state index < -0.39 is 0 Å². The molecule has 0 amide bonds. The molecule has 0 aliphatic rings. The van der Waals surface area contributed by atoms with Crippen molar-refractivity contribution in [3.05, 3.63) is 0 Å². The Labute approximate surface area is 194 Å². The molecule has 0 aliphatic heterocycles. The first kappa shape index (κ1) is 69.1. The average Bonchev–Trinajstić information content (AvgIpc) is 0. The van der Waals surface area contributed by atoms with Crippen molar-refractivity contribution in [1.82, 2.24) is 0 Å². The molecule has 8 heteroatoms. The molecule has 4 nitrogen and oxygen atoms in total. The van der Waals surface area contributed by atoms with Gasteiger partial charge in [-0.15, -0.1) is 0 Å². The van der Waals surface area contributed by atoms with Gasteiger partial charge in [0.2, 0.25) is 0 Å². The summed E-state index contributed by atoms with van der Waals surface area (Å²) < 4.78 is 0. The van der Waals surface area contributed by atoms with Gasteiger partial charge in [0.1, 0.15) is 0 Å². The summed E-state index contributed by atoms with van der Waals surface area (Å²) in [6.45, 7) is 0. The monoisotopic (exact) mass is 307 g/mol. The van der Waals surface area contributed by atoms with Gasteiger partial charge in [-0.1, -0.05) is 0 Å². The van der Waals surface area contributed by atoms with Crippen LogP contribution in [0, 0.1) is 0 Å². The molecule has 0 aromatic rings. The van der Waals surface area contributed by atoms with Crippen LogP contribution in [-0.2, 0) is 0 Å². The van der Waals surface area contributed by atoms with Crippen molar-refractivity contribution < 1.29 is 176 Å². The third-order valence-corrected chi connectivity index (χ3v) is 0. The van der Waals surface area contributed by atoms with Crippen molar-refractivity contribution in [2.24, 2.45) is 0 Å². The molecule has 3 radical (unpaired) electrons. The van der Waals surface area contributed by atoms with Gasteiger partial charge in [-0.2, -0.15) is 0 Å². The van der Waals surface area contributed by atoms with Crippen LogP contribution in [0.2, 0.25) is 0 Å². The Hall–Kier alpha value is 5.57. The standard InChI is InChI=1S/3K.4H2O.Sb/h;;;4*1H2;/q3*+1;;;;;/p-3. The first-order chi connectivity index (χ1) is 0. The van der Waals surface area contributed by atoms with E-state index >= 15 is 0 Å². The van der Waals surface area contributed by atoms with Gasteiger partial charge in [-0.25, -0.2) is 0 Å². The maximum Gasteiger partial charge on any atom is 1.00 e. The molecule has 0 aromatic heterocycles. The SMILES string of the molecule is O.[K+].[K+].[K+].[OH-].[OH-].[OH-].[Sb]. The summed E-state index contributed by atoms with van der Waals surface area (Å²) in [5, 5.41) is 0. The van der Waals surface area contributed by atoms with Gasteiger partial charge in [0.25, 0.3) is 0 Å². The van der Waals surface area contributed by atoms with Gasteiger partial charge in [-0.05, 0) is 0 Å². The molecule has 0 unspecified atom stereocenters. The third kappa shape index (κ3) is 41.7. The molecule has 0 bridgehead atoms. The Morgan fingerprint density at radius 3 is 0.500 bits per heavy atom. The van der Waals surface area contributed by atoms with E-state index in [9.17, 15) is 0 Å². The Morgan fingerprint density at radius 1 is 0.500 bits per heavy atom. The van der Waals surface area contributed by atoms with Crippen LogP contribution in [0.1, 0.15) is 0 Å². The first-order valence-electron chi connectivity index (χ1n) is 0. The zero-order valence-electron chi connectivity index (χ0n) is 5.29. The minimum absolute atomic E-state index is 0. The Bertz CT molecular complexity index is 11.2. The topological polar surface area (TPSA) is 122 Å². The summed E-state index contributed by atoms with van der Waals surface area (Å²) in [5.41, 5.74) is 0. The molecule has 5 N–H and O–H groups in total. The smallest absolute Gasteiger partial charge is 0.870 e. The summed E-state index contributed by atoms with van der Waals surface area (Å²) in [6.07, 6.45) is 0. The second-order valence-corrected chi connectivity index (χ2v) is 0. The summed E-state index contributed by atoms with van der Waals surface area (Å²) in [5.74, 6) is 0. The number of rotatable bonds is 0. The van der Waals surface area contributed by atoms with Crippen molar-refractivity contribution in [2.75, 3.05) is 0 Å². The van der Waals surface area contributed by atoms with Gasteiger partial charge in [0, 0.05) is 24.4 Å². The van der Waals surface area contributed by atoms with Crippen LogP contribution in [0.25, 0.3) is 0 Å². The summed E-state index contributed by atoms with van der Waals surface area (Å²) >= 11 is 0. The van der Waals surface area contributed by atoms with Crippen LogP contribution in [0.3, 0.4) is 0 Å². The van der Waals surface area contributed by atoms with E-state index in [1.807, 2.05) is 0 Å². The van der Waals surface area contributed by atoms with Gasteiger partial charge >= 0.3 is 154 Å². The van der Waals surface area contributed by atoms with Gasteiger partial charge in [-0.3, -0.25) is 0 Å². The zero-order valence-corrected chi connectivity index (χ0v) is 17.2. The van der Waals surface area contributed by atoms with E-state index in [0.717, 1.165) is 0 Å². The maximum atomic E-state index is 0. The molecule has 8 heavy (non-hydrogen) atoms. The minimum atomic E-state index is 0. The van der Waals surface area contributed by atoms with E-state index in [2.05, 4.69) is 0 Å². The van der Waals surface area contributed by atoms with Crippen LogP contribution < -0.4 is 154 Å². The van der Waals surface area contributed by atoms with Gasteiger partial charge in [0.15, 0.2) is 0 Å².